The summed E-state index contributed by atoms with van der Waals surface area (Å²) in [5.41, 5.74) is -0.381. The minimum absolute atomic E-state index is 0.0542. The molecule has 0 N–H and O–H groups in total. The van der Waals surface area contributed by atoms with E-state index in [-0.39, 0.29) is 23.7 Å². The first-order valence-corrected chi connectivity index (χ1v) is 8.10. The molecule has 0 aromatic heterocycles. The molecule has 2 fully saturated rings. The van der Waals surface area contributed by atoms with Gasteiger partial charge in [-0.3, -0.25) is 4.79 Å². The molecule has 6 nitrogen and oxygen atoms in total. The summed E-state index contributed by atoms with van der Waals surface area (Å²) in [6, 6.07) is 0.0542. The maximum absolute atomic E-state index is 12.6. The number of amides is 1. The average molecular weight is 305 g/mol. The molecular weight excluding hydrogens is 282 g/mol. The summed E-state index contributed by atoms with van der Waals surface area (Å²) >= 11 is 0. The second kappa shape index (κ2) is 6.76. The molecule has 3 aliphatic heterocycles. The normalized spacial score (nSPS) is 29.3. The van der Waals surface area contributed by atoms with E-state index < -0.39 is 0 Å². The SMILES string of the molecule is C#CCCC1(CCC(=O)N2CCOCC2C2CCCO2)N=N1. The summed E-state index contributed by atoms with van der Waals surface area (Å²) in [4.78, 5) is 14.5. The number of nitrogens with zero attached hydrogens (tertiary/aromatic N) is 3. The van der Waals surface area contributed by atoms with Crippen molar-refractivity contribution in [1.29, 1.82) is 0 Å². The molecule has 2 unspecified atom stereocenters. The second-order valence-electron chi connectivity index (χ2n) is 6.17. The maximum atomic E-state index is 12.6. The molecule has 0 aromatic carbocycles. The van der Waals surface area contributed by atoms with Crippen LogP contribution in [-0.4, -0.2) is 55.0 Å². The predicted octanol–water partition coefficient (Wildman–Crippen LogP) is 1.75. The molecule has 0 saturated carbocycles. The first-order valence-electron chi connectivity index (χ1n) is 8.10. The summed E-state index contributed by atoms with van der Waals surface area (Å²) in [6.45, 7) is 2.62. The molecule has 120 valence electrons. The van der Waals surface area contributed by atoms with Gasteiger partial charge in [-0.25, -0.2) is 0 Å². The van der Waals surface area contributed by atoms with Crippen molar-refractivity contribution in [3.05, 3.63) is 0 Å². The van der Waals surface area contributed by atoms with E-state index in [9.17, 15) is 4.79 Å². The molecule has 0 spiro atoms. The van der Waals surface area contributed by atoms with Gasteiger partial charge in [0.05, 0.1) is 25.4 Å². The summed E-state index contributed by atoms with van der Waals surface area (Å²) in [5.74, 6) is 2.76. The lowest BCUT2D eigenvalue weighted by atomic mass is 10.0. The van der Waals surface area contributed by atoms with Crippen molar-refractivity contribution >= 4 is 5.91 Å². The van der Waals surface area contributed by atoms with Gasteiger partial charge < -0.3 is 14.4 Å². The molecule has 0 aliphatic carbocycles. The van der Waals surface area contributed by atoms with Crippen molar-refractivity contribution in [1.82, 2.24) is 4.90 Å². The number of hydrogen-bond acceptors (Lipinski definition) is 5. The molecular formula is C16H23N3O3. The van der Waals surface area contributed by atoms with Crippen LogP contribution in [0.4, 0.5) is 0 Å². The van der Waals surface area contributed by atoms with Crippen LogP contribution >= 0.6 is 0 Å². The first-order chi connectivity index (χ1) is 10.7. The van der Waals surface area contributed by atoms with Crippen LogP contribution in [0.2, 0.25) is 0 Å². The maximum Gasteiger partial charge on any atom is 0.223 e. The predicted molar refractivity (Wildman–Crippen MR) is 80.2 cm³/mol. The van der Waals surface area contributed by atoms with Gasteiger partial charge in [0.2, 0.25) is 5.91 Å². The van der Waals surface area contributed by atoms with E-state index in [4.69, 9.17) is 15.9 Å². The van der Waals surface area contributed by atoms with E-state index in [2.05, 4.69) is 16.1 Å². The third kappa shape index (κ3) is 3.47. The van der Waals surface area contributed by atoms with E-state index in [1.165, 1.54) is 0 Å². The largest absolute Gasteiger partial charge is 0.377 e. The Hall–Kier alpha value is -1.45. The highest BCUT2D eigenvalue weighted by molar-refractivity contribution is 5.77. The van der Waals surface area contributed by atoms with Crippen molar-refractivity contribution in [3.63, 3.8) is 0 Å². The van der Waals surface area contributed by atoms with Crippen LogP contribution in [0.3, 0.4) is 0 Å². The van der Waals surface area contributed by atoms with Gasteiger partial charge in [-0.1, -0.05) is 0 Å². The number of carbonyl (C=O) groups excluding carboxylic acids is 1. The van der Waals surface area contributed by atoms with Gasteiger partial charge in [0.15, 0.2) is 5.66 Å². The van der Waals surface area contributed by atoms with Gasteiger partial charge in [-0.2, -0.15) is 10.2 Å². The van der Waals surface area contributed by atoms with Crippen molar-refractivity contribution in [3.8, 4) is 12.3 Å². The Labute approximate surface area is 131 Å². The number of hydrogen-bond donors (Lipinski definition) is 0. The molecule has 0 aromatic rings. The van der Waals surface area contributed by atoms with Crippen molar-refractivity contribution < 1.29 is 14.3 Å². The Bertz CT molecular complexity index is 474. The molecule has 22 heavy (non-hydrogen) atoms. The van der Waals surface area contributed by atoms with Crippen molar-refractivity contribution in [2.75, 3.05) is 26.4 Å². The van der Waals surface area contributed by atoms with Crippen LogP contribution in [0.15, 0.2) is 10.2 Å². The number of morpholine rings is 1. The Kier molecular flexibility index (Phi) is 4.74. The van der Waals surface area contributed by atoms with Crippen LogP contribution in [0.25, 0.3) is 0 Å². The minimum atomic E-state index is -0.381. The fraction of sp³-hybridized carbons (Fsp3) is 0.812. The Morgan fingerprint density at radius 1 is 1.36 bits per heavy atom. The standard InChI is InChI=1S/C16H23N3O3/c1-2-3-7-16(17-18-16)8-6-15(20)19-9-11-21-12-13(19)14-5-4-10-22-14/h1,13-14H,3-12H2. The number of rotatable bonds is 6. The average Bonchev–Trinajstić information content (AvgIpc) is 3.11. The zero-order valence-electron chi connectivity index (χ0n) is 12.9. The minimum Gasteiger partial charge on any atom is -0.377 e. The summed E-state index contributed by atoms with van der Waals surface area (Å²) in [6.07, 6.45) is 9.99. The monoisotopic (exact) mass is 305 g/mol. The molecule has 0 bridgehead atoms. The van der Waals surface area contributed by atoms with Crippen LogP contribution in [0, 0.1) is 12.3 Å². The van der Waals surface area contributed by atoms with Gasteiger partial charge in [0, 0.05) is 38.8 Å². The molecule has 1 amide bonds. The highest BCUT2D eigenvalue weighted by Gasteiger charge is 2.41. The Morgan fingerprint density at radius 3 is 2.91 bits per heavy atom. The Balaban J connectivity index is 1.52. The van der Waals surface area contributed by atoms with Gasteiger partial charge in [-0.15, -0.1) is 12.3 Å². The lowest BCUT2D eigenvalue weighted by Gasteiger charge is -2.38. The first kappa shape index (κ1) is 15.4. The third-order valence-corrected chi connectivity index (χ3v) is 4.67. The van der Waals surface area contributed by atoms with Crippen LogP contribution < -0.4 is 0 Å². The molecule has 3 heterocycles. The smallest absolute Gasteiger partial charge is 0.223 e. The third-order valence-electron chi connectivity index (χ3n) is 4.67. The van der Waals surface area contributed by atoms with Crippen LogP contribution in [-0.2, 0) is 14.3 Å². The van der Waals surface area contributed by atoms with Crippen LogP contribution in [0.5, 0.6) is 0 Å². The molecule has 3 rings (SSSR count). The van der Waals surface area contributed by atoms with E-state index in [1.807, 2.05) is 4.90 Å². The summed E-state index contributed by atoms with van der Waals surface area (Å²) in [5, 5.41) is 8.19. The lowest BCUT2D eigenvalue weighted by Crippen LogP contribution is -2.54. The number of terminal acetylenes is 1. The summed E-state index contributed by atoms with van der Waals surface area (Å²) in [7, 11) is 0. The molecule has 2 saturated heterocycles. The second-order valence-corrected chi connectivity index (χ2v) is 6.17. The molecule has 3 aliphatic rings. The van der Waals surface area contributed by atoms with E-state index >= 15 is 0 Å². The van der Waals surface area contributed by atoms with Crippen LogP contribution in [0.1, 0.15) is 38.5 Å². The van der Waals surface area contributed by atoms with E-state index in [0.717, 1.165) is 25.9 Å². The fourth-order valence-corrected chi connectivity index (χ4v) is 3.27. The van der Waals surface area contributed by atoms with Gasteiger partial charge in [-0.05, 0) is 12.8 Å². The van der Waals surface area contributed by atoms with E-state index in [0.29, 0.717) is 39.0 Å². The van der Waals surface area contributed by atoms with Gasteiger partial charge in [0.1, 0.15) is 0 Å². The highest BCUT2D eigenvalue weighted by Crippen LogP contribution is 2.38. The summed E-state index contributed by atoms with van der Waals surface area (Å²) < 4.78 is 11.3. The van der Waals surface area contributed by atoms with Crippen molar-refractivity contribution in [2.24, 2.45) is 10.2 Å². The molecule has 0 radical (unpaired) electrons. The molecule has 2 atom stereocenters. The quantitative estimate of drug-likeness (QED) is 0.702. The van der Waals surface area contributed by atoms with Gasteiger partial charge in [0.25, 0.3) is 0 Å². The van der Waals surface area contributed by atoms with E-state index in [1.54, 1.807) is 0 Å². The van der Waals surface area contributed by atoms with Crippen molar-refractivity contribution in [2.45, 2.75) is 56.3 Å². The zero-order valence-corrected chi connectivity index (χ0v) is 12.9. The fourth-order valence-electron chi connectivity index (χ4n) is 3.27. The number of ether oxygens (including phenoxy) is 2. The molecule has 6 heteroatoms. The zero-order chi connectivity index (χ0) is 15.4. The number of carbonyl (C=O) groups is 1. The van der Waals surface area contributed by atoms with Gasteiger partial charge >= 0.3 is 0 Å². The Morgan fingerprint density at radius 2 is 2.23 bits per heavy atom. The highest BCUT2D eigenvalue weighted by atomic mass is 16.5. The topological polar surface area (TPSA) is 63.5 Å². The lowest BCUT2D eigenvalue weighted by molar-refractivity contribution is -0.146.